The van der Waals surface area contributed by atoms with Crippen molar-refractivity contribution in [1.29, 1.82) is 0 Å². The highest BCUT2D eigenvalue weighted by Gasteiger charge is 2.45. The van der Waals surface area contributed by atoms with Gasteiger partial charge in [-0.25, -0.2) is 9.78 Å². The van der Waals surface area contributed by atoms with E-state index in [2.05, 4.69) is 20.9 Å². The van der Waals surface area contributed by atoms with E-state index in [1.807, 2.05) is 6.07 Å². The largest absolute Gasteiger partial charge is 0.507 e. The van der Waals surface area contributed by atoms with E-state index in [0.717, 1.165) is 10.9 Å². The zero-order chi connectivity index (χ0) is 19.8. The topological polar surface area (TPSA) is 102 Å². The highest BCUT2D eigenvalue weighted by molar-refractivity contribution is 9.10. The Morgan fingerprint density at radius 2 is 2.11 bits per heavy atom. The summed E-state index contributed by atoms with van der Waals surface area (Å²) in [5, 5.41) is 21.7. The summed E-state index contributed by atoms with van der Waals surface area (Å²) < 4.78 is 7.12. The van der Waals surface area contributed by atoms with Gasteiger partial charge in [-0.15, -0.1) is 0 Å². The van der Waals surface area contributed by atoms with Gasteiger partial charge in [0, 0.05) is 16.5 Å². The molecule has 2 aromatic heterocycles. The van der Waals surface area contributed by atoms with Crippen LogP contribution in [0.2, 0.25) is 0 Å². The van der Waals surface area contributed by atoms with Crippen LogP contribution in [0.25, 0.3) is 22.3 Å². The molecule has 0 unspecified atom stereocenters. The summed E-state index contributed by atoms with van der Waals surface area (Å²) in [6.45, 7) is 1.86. The zero-order valence-corrected chi connectivity index (χ0v) is 16.4. The number of rotatable bonds is 1. The molecule has 0 amide bonds. The molecule has 3 aromatic rings. The van der Waals surface area contributed by atoms with Crippen molar-refractivity contribution in [3.63, 3.8) is 0 Å². The van der Waals surface area contributed by atoms with Crippen LogP contribution < -0.4 is 5.56 Å². The monoisotopic (exact) mass is 442 g/mol. The Bertz CT molecular complexity index is 1270. The zero-order valence-electron chi connectivity index (χ0n) is 14.8. The van der Waals surface area contributed by atoms with Gasteiger partial charge in [0.15, 0.2) is 5.60 Å². The Labute approximate surface area is 167 Å². The van der Waals surface area contributed by atoms with E-state index in [-0.39, 0.29) is 29.9 Å². The summed E-state index contributed by atoms with van der Waals surface area (Å²) in [4.78, 5) is 30.0. The number of cyclic esters (lactones) is 1. The maximum atomic E-state index is 13.1. The van der Waals surface area contributed by atoms with E-state index in [0.29, 0.717) is 33.5 Å². The minimum Gasteiger partial charge on any atom is -0.507 e. The van der Waals surface area contributed by atoms with Gasteiger partial charge in [-0.1, -0.05) is 6.92 Å². The van der Waals surface area contributed by atoms with Crippen LogP contribution in [0.4, 0.5) is 0 Å². The Balaban J connectivity index is 1.82. The Kier molecular flexibility index (Phi) is 3.51. The highest BCUT2D eigenvalue weighted by Crippen LogP contribution is 2.40. The summed E-state index contributed by atoms with van der Waals surface area (Å²) in [5.41, 5.74) is 1.00. The molecule has 0 saturated heterocycles. The lowest BCUT2D eigenvalue weighted by Crippen LogP contribution is -2.44. The lowest BCUT2D eigenvalue weighted by Gasteiger charge is -2.31. The number of hydrogen-bond acceptors (Lipinski definition) is 6. The molecule has 7 nitrogen and oxygen atoms in total. The van der Waals surface area contributed by atoms with Crippen LogP contribution in [0.5, 0.6) is 5.75 Å². The molecule has 0 fully saturated rings. The third kappa shape index (κ3) is 2.10. The molecular weight excluding hydrogens is 428 g/mol. The van der Waals surface area contributed by atoms with Gasteiger partial charge in [-0.2, -0.15) is 0 Å². The van der Waals surface area contributed by atoms with Crippen LogP contribution in [-0.4, -0.2) is 25.7 Å². The molecule has 0 aliphatic carbocycles. The first kappa shape index (κ1) is 17.4. The number of carbonyl (C=O) groups is 1. The lowest BCUT2D eigenvalue weighted by molar-refractivity contribution is -0.172. The van der Waals surface area contributed by atoms with E-state index in [1.54, 1.807) is 29.7 Å². The Morgan fingerprint density at radius 1 is 1.32 bits per heavy atom. The normalized spacial score (nSPS) is 19.9. The molecule has 0 spiro atoms. The van der Waals surface area contributed by atoms with Crippen LogP contribution >= 0.6 is 15.9 Å². The van der Waals surface area contributed by atoms with Crippen LogP contribution in [-0.2, 0) is 28.3 Å². The van der Waals surface area contributed by atoms with Crippen LogP contribution in [0.3, 0.4) is 0 Å². The number of esters is 1. The predicted octanol–water partition coefficient (Wildman–Crippen LogP) is 2.55. The molecule has 5 rings (SSSR count). The predicted molar refractivity (Wildman–Crippen MR) is 104 cm³/mol. The van der Waals surface area contributed by atoms with Crippen molar-refractivity contribution in [3.05, 3.63) is 55.8 Å². The maximum Gasteiger partial charge on any atom is 0.343 e. The summed E-state index contributed by atoms with van der Waals surface area (Å²) >= 11 is 3.36. The number of halogens is 1. The number of phenols is 1. The van der Waals surface area contributed by atoms with Gasteiger partial charge in [-0.3, -0.25) is 4.79 Å². The first-order chi connectivity index (χ1) is 13.3. The molecule has 142 valence electrons. The summed E-state index contributed by atoms with van der Waals surface area (Å²) in [6.07, 6.45) is 0.0964. The molecule has 0 bridgehead atoms. The van der Waals surface area contributed by atoms with Crippen molar-refractivity contribution in [2.45, 2.75) is 32.1 Å². The molecule has 4 heterocycles. The van der Waals surface area contributed by atoms with Gasteiger partial charge in [0.25, 0.3) is 5.56 Å². The van der Waals surface area contributed by atoms with E-state index >= 15 is 0 Å². The number of aromatic hydroxyl groups is 1. The SMILES string of the molecule is CC[C@@]1(O)C(=O)OCc2c1cc1n(c2=O)Cc2cc3ccc(O)c(Br)c3nc2-1. The molecule has 0 radical (unpaired) electrons. The standard InChI is InChI=1S/C20H15BrN2O5/c1-2-20(27)12-6-13-16-10(5-9-3-4-14(24)15(21)17(9)22-16)7-23(13)18(25)11(12)8-28-19(20)26/h3-6,24,27H,2,7-8H2,1H3/t20-/m0/s1. The number of benzene rings is 1. The minimum atomic E-state index is -1.85. The lowest BCUT2D eigenvalue weighted by atomic mass is 9.86. The second-order valence-electron chi connectivity index (χ2n) is 7.07. The van der Waals surface area contributed by atoms with Gasteiger partial charge in [0.1, 0.15) is 12.4 Å². The van der Waals surface area contributed by atoms with E-state index in [9.17, 15) is 19.8 Å². The number of phenolic OH excluding ortho intramolecular Hbond substituents is 1. The van der Waals surface area contributed by atoms with Crippen LogP contribution in [0.15, 0.2) is 33.5 Å². The van der Waals surface area contributed by atoms with Crippen LogP contribution in [0, 0.1) is 0 Å². The van der Waals surface area contributed by atoms with Crippen molar-refractivity contribution >= 4 is 32.8 Å². The smallest absolute Gasteiger partial charge is 0.343 e. The summed E-state index contributed by atoms with van der Waals surface area (Å²) in [6, 6.07) is 6.95. The molecular formula is C20H15BrN2O5. The first-order valence-electron chi connectivity index (χ1n) is 8.83. The number of pyridine rings is 2. The number of aromatic nitrogens is 2. The molecule has 2 N–H and O–H groups in total. The first-order valence-corrected chi connectivity index (χ1v) is 9.62. The van der Waals surface area contributed by atoms with Gasteiger partial charge < -0.3 is 19.5 Å². The number of carbonyl (C=O) groups excluding carboxylic acids is 1. The van der Waals surface area contributed by atoms with Gasteiger partial charge in [-0.05, 0) is 46.6 Å². The van der Waals surface area contributed by atoms with E-state index < -0.39 is 11.6 Å². The van der Waals surface area contributed by atoms with E-state index in [4.69, 9.17) is 4.74 Å². The van der Waals surface area contributed by atoms with Crippen molar-refractivity contribution in [1.82, 2.24) is 9.55 Å². The van der Waals surface area contributed by atoms with Crippen LogP contribution in [0.1, 0.15) is 30.0 Å². The van der Waals surface area contributed by atoms with Crippen molar-refractivity contribution in [3.8, 4) is 17.1 Å². The average Bonchev–Trinajstić information content (AvgIpc) is 3.05. The van der Waals surface area contributed by atoms with Gasteiger partial charge >= 0.3 is 5.97 Å². The fourth-order valence-electron chi connectivity index (χ4n) is 4.00. The minimum absolute atomic E-state index is 0.0730. The molecule has 2 aliphatic heterocycles. The van der Waals surface area contributed by atoms with Crippen molar-refractivity contribution in [2.24, 2.45) is 0 Å². The molecule has 0 saturated carbocycles. The quantitative estimate of drug-likeness (QED) is 0.439. The molecule has 1 aromatic carbocycles. The number of ether oxygens (including phenoxy) is 1. The fraction of sp³-hybridized carbons (Fsp3) is 0.250. The molecule has 1 atom stereocenters. The maximum absolute atomic E-state index is 13.1. The number of hydrogen-bond donors (Lipinski definition) is 2. The van der Waals surface area contributed by atoms with Crippen molar-refractivity contribution < 1.29 is 19.7 Å². The third-order valence-electron chi connectivity index (χ3n) is 5.60. The second kappa shape index (κ2) is 5.65. The van der Waals surface area contributed by atoms with Crippen molar-refractivity contribution in [2.75, 3.05) is 0 Å². The highest BCUT2D eigenvalue weighted by atomic mass is 79.9. The Hall–Kier alpha value is -2.71. The average molecular weight is 443 g/mol. The van der Waals surface area contributed by atoms with Gasteiger partial charge in [0.05, 0.1) is 33.5 Å². The molecule has 8 heteroatoms. The molecule has 28 heavy (non-hydrogen) atoms. The molecule has 2 aliphatic rings. The second-order valence-corrected chi connectivity index (χ2v) is 7.86. The fourth-order valence-corrected chi connectivity index (χ4v) is 4.45. The number of fused-ring (bicyclic) bond motifs is 5. The third-order valence-corrected chi connectivity index (χ3v) is 6.38. The van der Waals surface area contributed by atoms with Gasteiger partial charge in [0.2, 0.25) is 0 Å². The summed E-state index contributed by atoms with van der Waals surface area (Å²) in [7, 11) is 0. The summed E-state index contributed by atoms with van der Waals surface area (Å²) in [5.74, 6) is -0.673. The van der Waals surface area contributed by atoms with E-state index in [1.165, 1.54) is 0 Å². The number of nitrogens with zero attached hydrogens (tertiary/aromatic N) is 2. The Morgan fingerprint density at radius 3 is 2.86 bits per heavy atom. The number of aliphatic hydroxyl groups is 1.